The highest BCUT2D eigenvalue weighted by molar-refractivity contribution is 7.87. The molecule has 1 saturated carbocycles. The molecule has 1 fully saturated rings. The van der Waals surface area contributed by atoms with Crippen molar-refractivity contribution in [3.8, 4) is 0 Å². The van der Waals surface area contributed by atoms with Crippen molar-refractivity contribution in [3.05, 3.63) is 0 Å². The summed E-state index contributed by atoms with van der Waals surface area (Å²) in [5, 5.41) is 0. The van der Waals surface area contributed by atoms with Crippen LogP contribution in [0.4, 0.5) is 0 Å². The second-order valence-corrected chi connectivity index (χ2v) is 7.93. The van der Waals surface area contributed by atoms with Crippen molar-refractivity contribution >= 4 is 10.2 Å². The van der Waals surface area contributed by atoms with Gasteiger partial charge in [-0.15, -0.1) is 0 Å². The summed E-state index contributed by atoms with van der Waals surface area (Å²) in [6.07, 6.45) is 6.23. The van der Waals surface area contributed by atoms with E-state index in [0.29, 0.717) is 25.6 Å². The van der Waals surface area contributed by atoms with Gasteiger partial charge in [-0.05, 0) is 18.8 Å². The molecule has 0 unspecified atom stereocenters. The second kappa shape index (κ2) is 7.73. The van der Waals surface area contributed by atoms with E-state index in [1.54, 1.807) is 4.31 Å². The smallest absolute Gasteiger partial charge is 0.279 e. The van der Waals surface area contributed by atoms with Gasteiger partial charge in [0.25, 0.3) is 10.2 Å². The van der Waals surface area contributed by atoms with Crippen LogP contribution in [0.2, 0.25) is 0 Å². The highest BCUT2D eigenvalue weighted by Gasteiger charge is 2.41. The third-order valence-electron chi connectivity index (χ3n) is 4.19. The number of hydrogen-bond acceptors (Lipinski definition) is 3. The minimum Gasteiger partial charge on any atom is -0.329 e. The number of rotatable bonds is 7. The Morgan fingerprint density at radius 1 is 1.20 bits per heavy atom. The van der Waals surface area contributed by atoms with Crippen molar-refractivity contribution in [1.82, 2.24) is 9.03 Å². The Morgan fingerprint density at radius 2 is 1.75 bits per heavy atom. The summed E-state index contributed by atoms with van der Waals surface area (Å²) in [5.41, 5.74) is 5.61. The Hall–Kier alpha value is -0.170. The SMILES string of the molecule is CCN(C1(CN)CCCCCC1)S(=O)(=O)NCC(C)C. The van der Waals surface area contributed by atoms with Crippen molar-refractivity contribution in [2.75, 3.05) is 19.6 Å². The molecule has 0 aromatic carbocycles. The van der Waals surface area contributed by atoms with Gasteiger partial charge >= 0.3 is 0 Å². The summed E-state index contributed by atoms with van der Waals surface area (Å²) >= 11 is 0. The number of hydrogen-bond donors (Lipinski definition) is 2. The van der Waals surface area contributed by atoms with Crippen LogP contribution in [0.15, 0.2) is 0 Å². The first kappa shape index (κ1) is 17.9. The molecular formula is C14H31N3O2S. The fraction of sp³-hybridized carbons (Fsp3) is 1.00. The lowest BCUT2D eigenvalue weighted by molar-refractivity contribution is 0.171. The molecule has 5 nitrogen and oxygen atoms in total. The quantitative estimate of drug-likeness (QED) is 0.705. The van der Waals surface area contributed by atoms with E-state index in [-0.39, 0.29) is 0 Å². The maximum Gasteiger partial charge on any atom is 0.279 e. The number of nitrogens with two attached hydrogens (primary N) is 1. The summed E-state index contributed by atoms with van der Waals surface area (Å²) in [6.45, 7) is 7.26. The van der Waals surface area contributed by atoms with Crippen LogP contribution >= 0.6 is 0 Å². The molecule has 0 amide bonds. The molecule has 0 aliphatic heterocycles. The van der Waals surface area contributed by atoms with Crippen LogP contribution < -0.4 is 10.5 Å². The number of nitrogens with one attached hydrogen (secondary N) is 1. The maximum atomic E-state index is 12.6. The molecule has 1 rings (SSSR count). The predicted molar refractivity (Wildman–Crippen MR) is 83.6 cm³/mol. The van der Waals surface area contributed by atoms with Gasteiger partial charge in [0.05, 0.1) is 0 Å². The third kappa shape index (κ3) is 4.41. The predicted octanol–water partition coefficient (Wildman–Crippen LogP) is 1.85. The van der Waals surface area contributed by atoms with Gasteiger partial charge in [-0.2, -0.15) is 12.7 Å². The van der Waals surface area contributed by atoms with Gasteiger partial charge in [-0.25, -0.2) is 4.72 Å². The Balaban J connectivity index is 2.95. The van der Waals surface area contributed by atoms with Crippen LogP contribution in [-0.2, 0) is 10.2 Å². The molecule has 0 aromatic rings. The summed E-state index contributed by atoms with van der Waals surface area (Å²) in [5.74, 6) is 0.298. The third-order valence-corrected chi connectivity index (χ3v) is 5.95. The van der Waals surface area contributed by atoms with Crippen molar-refractivity contribution < 1.29 is 8.42 Å². The molecular weight excluding hydrogens is 274 g/mol. The van der Waals surface area contributed by atoms with E-state index in [0.717, 1.165) is 25.7 Å². The number of nitrogens with zero attached hydrogens (tertiary/aromatic N) is 1. The lowest BCUT2D eigenvalue weighted by atomic mass is 9.90. The van der Waals surface area contributed by atoms with E-state index in [4.69, 9.17) is 5.73 Å². The maximum absolute atomic E-state index is 12.6. The molecule has 0 bridgehead atoms. The van der Waals surface area contributed by atoms with Crippen LogP contribution in [0.25, 0.3) is 0 Å². The van der Waals surface area contributed by atoms with Crippen LogP contribution in [0.5, 0.6) is 0 Å². The fourth-order valence-electron chi connectivity index (χ4n) is 3.05. The zero-order valence-corrected chi connectivity index (χ0v) is 14.0. The molecule has 120 valence electrons. The normalized spacial score (nSPS) is 20.3. The van der Waals surface area contributed by atoms with Crippen LogP contribution in [0.3, 0.4) is 0 Å². The number of likely N-dealkylation sites (N-methyl/N-ethyl adjacent to an activating group) is 1. The first-order chi connectivity index (χ1) is 9.38. The molecule has 1 aliphatic rings. The zero-order valence-electron chi connectivity index (χ0n) is 13.2. The molecule has 0 atom stereocenters. The monoisotopic (exact) mass is 305 g/mol. The second-order valence-electron chi connectivity index (χ2n) is 6.25. The Kier molecular flexibility index (Phi) is 6.91. The average Bonchev–Trinajstić information content (AvgIpc) is 2.63. The largest absolute Gasteiger partial charge is 0.329 e. The topological polar surface area (TPSA) is 75.4 Å². The van der Waals surface area contributed by atoms with E-state index >= 15 is 0 Å². The highest BCUT2D eigenvalue weighted by atomic mass is 32.2. The van der Waals surface area contributed by atoms with Gasteiger partial charge in [0.2, 0.25) is 0 Å². The van der Waals surface area contributed by atoms with E-state index in [1.807, 2.05) is 20.8 Å². The van der Waals surface area contributed by atoms with Crippen LogP contribution in [0.1, 0.15) is 59.3 Å². The highest BCUT2D eigenvalue weighted by Crippen LogP contribution is 2.33. The molecule has 0 heterocycles. The standard InChI is InChI=1S/C14H31N3O2S/c1-4-17(20(18,19)16-11-13(2)3)14(12-15)9-7-5-6-8-10-14/h13,16H,4-12,15H2,1-3H3. The van der Waals surface area contributed by atoms with Crippen LogP contribution in [0, 0.1) is 5.92 Å². The minimum absolute atomic E-state index is 0.298. The van der Waals surface area contributed by atoms with Gasteiger partial charge in [-0.3, -0.25) is 0 Å². The molecule has 0 radical (unpaired) electrons. The van der Waals surface area contributed by atoms with Crippen molar-refractivity contribution in [1.29, 1.82) is 0 Å². The van der Waals surface area contributed by atoms with E-state index < -0.39 is 15.7 Å². The van der Waals surface area contributed by atoms with Crippen molar-refractivity contribution in [3.63, 3.8) is 0 Å². The van der Waals surface area contributed by atoms with E-state index in [9.17, 15) is 8.42 Å². The van der Waals surface area contributed by atoms with Crippen LogP contribution in [-0.4, -0.2) is 37.9 Å². The van der Waals surface area contributed by atoms with Gasteiger partial charge in [0.1, 0.15) is 0 Å². The first-order valence-corrected chi connectivity index (χ1v) is 9.29. The molecule has 6 heteroatoms. The molecule has 0 aromatic heterocycles. The van der Waals surface area contributed by atoms with Crippen molar-refractivity contribution in [2.24, 2.45) is 11.7 Å². The van der Waals surface area contributed by atoms with E-state index in [1.165, 1.54) is 12.8 Å². The Labute approximate surface area is 124 Å². The molecule has 20 heavy (non-hydrogen) atoms. The summed E-state index contributed by atoms with van der Waals surface area (Å²) in [6, 6.07) is 0. The van der Waals surface area contributed by atoms with Gasteiger partial charge in [-0.1, -0.05) is 46.5 Å². The Morgan fingerprint density at radius 3 is 2.15 bits per heavy atom. The van der Waals surface area contributed by atoms with Crippen molar-refractivity contribution in [2.45, 2.75) is 64.8 Å². The zero-order chi connectivity index (χ0) is 15.2. The molecule has 0 spiro atoms. The summed E-state index contributed by atoms with van der Waals surface area (Å²) in [4.78, 5) is 0. The molecule has 0 saturated heterocycles. The summed E-state index contributed by atoms with van der Waals surface area (Å²) < 4.78 is 29.5. The van der Waals surface area contributed by atoms with Gasteiger partial charge < -0.3 is 5.73 Å². The molecule has 3 N–H and O–H groups in total. The minimum atomic E-state index is -3.45. The summed E-state index contributed by atoms with van der Waals surface area (Å²) in [7, 11) is -3.45. The first-order valence-electron chi connectivity index (χ1n) is 7.85. The lowest BCUT2D eigenvalue weighted by Gasteiger charge is -2.41. The van der Waals surface area contributed by atoms with E-state index in [2.05, 4.69) is 4.72 Å². The Bertz CT molecular complexity index is 374. The average molecular weight is 305 g/mol. The van der Waals surface area contributed by atoms with Gasteiger partial charge in [0, 0.05) is 25.2 Å². The fourth-order valence-corrected chi connectivity index (χ4v) is 4.86. The lowest BCUT2D eigenvalue weighted by Crippen LogP contribution is -2.59. The van der Waals surface area contributed by atoms with Gasteiger partial charge in [0.15, 0.2) is 0 Å². The molecule has 1 aliphatic carbocycles.